The van der Waals surface area contributed by atoms with E-state index in [0.717, 1.165) is 0 Å². The van der Waals surface area contributed by atoms with Gasteiger partial charge in [0, 0.05) is 22.4 Å². The van der Waals surface area contributed by atoms with Crippen LogP contribution in [0.5, 0.6) is 0 Å². The third-order valence-corrected chi connectivity index (χ3v) is 1.09. The summed E-state index contributed by atoms with van der Waals surface area (Å²) in [5, 5.41) is 0. The average Bonchev–Trinajstić information content (AvgIpc) is 1.88. The van der Waals surface area contributed by atoms with E-state index < -0.39 is 5.97 Å². The maximum atomic E-state index is 10.5. The molecule has 5 heteroatoms. The fourth-order valence-electron chi connectivity index (χ4n) is 0.420. The van der Waals surface area contributed by atoms with Crippen LogP contribution in [0.1, 0.15) is 13.3 Å². The van der Waals surface area contributed by atoms with Gasteiger partial charge in [-0.05, 0) is 6.92 Å². The molecule has 0 saturated heterocycles. The van der Waals surface area contributed by atoms with E-state index in [0.29, 0.717) is 6.61 Å². The molecule has 0 rings (SSSR count). The molecule has 1 radical (unpaired) electrons. The van der Waals surface area contributed by atoms with E-state index >= 15 is 0 Å². The van der Waals surface area contributed by atoms with Crippen LogP contribution in [0, 0.1) is 0 Å². The first-order valence-electron chi connectivity index (χ1n) is 2.94. The van der Waals surface area contributed by atoms with Crippen LogP contribution in [-0.4, -0.2) is 24.2 Å². The molecule has 0 aromatic rings. The molecule has 0 aromatic heterocycles. The fourth-order valence-corrected chi connectivity index (χ4v) is 0.515. The van der Waals surface area contributed by atoms with Crippen molar-refractivity contribution >= 4 is 23.4 Å². The van der Waals surface area contributed by atoms with Gasteiger partial charge in [-0.25, -0.2) is 0 Å². The summed E-state index contributed by atoms with van der Waals surface area (Å²) in [6, 6.07) is 0. The summed E-state index contributed by atoms with van der Waals surface area (Å²) in [7, 11) is 0. The minimum absolute atomic E-state index is 0. The van der Waals surface area contributed by atoms with Gasteiger partial charge in [-0.1, -0.05) is 0 Å². The van der Waals surface area contributed by atoms with E-state index in [-0.39, 0.29) is 40.5 Å². The Morgan fingerprint density at radius 1 is 1.45 bits per heavy atom. The van der Waals surface area contributed by atoms with Crippen LogP contribution < -0.4 is 0 Å². The van der Waals surface area contributed by atoms with Crippen molar-refractivity contribution in [2.24, 2.45) is 0 Å². The minimum Gasteiger partial charge on any atom is -0.466 e. The molecule has 0 fully saturated rings. The molecule has 0 bridgehead atoms. The van der Waals surface area contributed by atoms with Gasteiger partial charge in [0.15, 0.2) is 5.78 Å². The Morgan fingerprint density at radius 2 is 2.00 bits per heavy atom. The van der Waals surface area contributed by atoms with E-state index in [1.165, 1.54) is 0 Å². The fraction of sp³-hybridized carbons (Fsp3) is 0.667. The predicted molar refractivity (Wildman–Crippen MR) is 37.0 cm³/mol. The third kappa shape index (κ3) is 8.07. The van der Waals surface area contributed by atoms with Gasteiger partial charge in [0.2, 0.25) is 0 Å². The maximum absolute atomic E-state index is 10.5. The largest absolute Gasteiger partial charge is 0.466 e. The number of halogens is 1. The summed E-state index contributed by atoms with van der Waals surface area (Å²) in [6.45, 7) is 1.98. The van der Waals surface area contributed by atoms with Gasteiger partial charge in [-0.3, -0.25) is 9.59 Å². The summed E-state index contributed by atoms with van der Waals surface area (Å²) >= 11 is 5.14. The van der Waals surface area contributed by atoms with Gasteiger partial charge in [-0.15, -0.1) is 11.6 Å². The molecule has 0 N–H and O–H groups in total. The molecule has 0 amide bonds. The molecule has 3 nitrogen and oxygen atoms in total. The Labute approximate surface area is 85.9 Å². The third-order valence-electron chi connectivity index (χ3n) is 0.796. The Balaban J connectivity index is 0. The normalized spacial score (nSPS) is 8.18. The second-order valence-corrected chi connectivity index (χ2v) is 1.92. The summed E-state index contributed by atoms with van der Waals surface area (Å²) in [6.07, 6.45) is -0.211. The van der Waals surface area contributed by atoms with Crippen LogP contribution in [0.2, 0.25) is 0 Å². The number of carbonyl (C=O) groups is 2. The quantitative estimate of drug-likeness (QED) is 0.321. The molecule has 0 atom stereocenters. The zero-order valence-electron chi connectivity index (χ0n) is 6.03. The number of ketones is 1. The second-order valence-electron chi connectivity index (χ2n) is 1.65. The van der Waals surface area contributed by atoms with Crippen molar-refractivity contribution in [1.82, 2.24) is 0 Å². The molecular weight excluding hydrogens is 352 g/mol. The molecule has 0 aliphatic carbocycles. The Morgan fingerprint density at radius 3 is 2.36 bits per heavy atom. The standard InChI is InChI=1S/C6H9ClO3.Au/c1-2-10-6(9)3-5(8)4-7;/h2-4H2,1H3;. The second kappa shape index (κ2) is 8.27. The first kappa shape index (κ1) is 13.7. The van der Waals surface area contributed by atoms with Gasteiger partial charge < -0.3 is 4.74 Å². The molecule has 0 aliphatic rings. The van der Waals surface area contributed by atoms with Crippen LogP contribution in [0.3, 0.4) is 0 Å². The van der Waals surface area contributed by atoms with Crippen molar-refractivity contribution < 1.29 is 36.7 Å². The monoisotopic (exact) mass is 361 g/mol. The van der Waals surface area contributed by atoms with Crippen LogP contribution >= 0.6 is 11.6 Å². The van der Waals surface area contributed by atoms with Crippen LogP contribution in [0.25, 0.3) is 0 Å². The van der Waals surface area contributed by atoms with E-state index in [2.05, 4.69) is 4.74 Å². The van der Waals surface area contributed by atoms with Crippen molar-refractivity contribution in [3.8, 4) is 0 Å². The van der Waals surface area contributed by atoms with Gasteiger partial charge in [0.05, 0.1) is 12.5 Å². The number of alkyl halides is 1. The van der Waals surface area contributed by atoms with Crippen molar-refractivity contribution in [1.29, 1.82) is 0 Å². The zero-order chi connectivity index (χ0) is 7.98. The summed E-state index contributed by atoms with van der Waals surface area (Å²) in [5.74, 6) is -0.938. The minimum atomic E-state index is -0.506. The number of esters is 1. The van der Waals surface area contributed by atoms with Crippen LogP contribution in [0.4, 0.5) is 0 Å². The van der Waals surface area contributed by atoms with E-state index in [4.69, 9.17) is 11.6 Å². The van der Waals surface area contributed by atoms with Crippen molar-refractivity contribution in [3.05, 3.63) is 0 Å². The maximum Gasteiger partial charge on any atom is 0.313 e. The Hall–Kier alpha value is 0.170. The first-order valence-corrected chi connectivity index (χ1v) is 3.47. The Kier molecular flexibility index (Phi) is 10.3. The number of Topliss-reactive ketones (excluding diaryl/α,β-unsaturated/α-hetero) is 1. The first-order chi connectivity index (χ1) is 4.70. The van der Waals surface area contributed by atoms with Crippen molar-refractivity contribution in [2.75, 3.05) is 12.5 Å². The van der Waals surface area contributed by atoms with Crippen LogP contribution in [-0.2, 0) is 36.7 Å². The molecule has 0 spiro atoms. The van der Waals surface area contributed by atoms with E-state index in [1.54, 1.807) is 6.92 Å². The van der Waals surface area contributed by atoms with Crippen molar-refractivity contribution in [3.63, 3.8) is 0 Å². The van der Waals surface area contributed by atoms with Gasteiger partial charge in [-0.2, -0.15) is 0 Å². The summed E-state index contributed by atoms with van der Waals surface area (Å²) in [4.78, 5) is 21.0. The SMILES string of the molecule is CCOC(=O)CC(=O)CCl.[Au]. The number of hydrogen-bond acceptors (Lipinski definition) is 3. The summed E-state index contributed by atoms with van der Waals surface area (Å²) < 4.78 is 4.50. The molecule has 0 aliphatic heterocycles. The van der Waals surface area contributed by atoms with Gasteiger partial charge in [0.25, 0.3) is 0 Å². The predicted octanol–water partition coefficient (Wildman–Crippen LogP) is 0.745. The molecular formula is C6H9AuClO3. The smallest absolute Gasteiger partial charge is 0.313 e. The van der Waals surface area contributed by atoms with E-state index in [9.17, 15) is 9.59 Å². The molecule has 0 aromatic carbocycles. The molecule has 11 heavy (non-hydrogen) atoms. The molecule has 0 saturated carbocycles. The molecule has 0 unspecified atom stereocenters. The van der Waals surface area contributed by atoms with Gasteiger partial charge in [0.1, 0.15) is 6.42 Å². The topological polar surface area (TPSA) is 43.4 Å². The van der Waals surface area contributed by atoms with Crippen molar-refractivity contribution in [2.45, 2.75) is 13.3 Å². The summed E-state index contributed by atoms with van der Waals surface area (Å²) in [5.41, 5.74) is 0. The Bertz CT molecular complexity index is 138. The number of carbonyl (C=O) groups excluding carboxylic acids is 2. The average molecular weight is 362 g/mol. The number of hydrogen-bond donors (Lipinski definition) is 0. The number of rotatable bonds is 4. The molecule has 0 heterocycles. The number of ether oxygens (including phenoxy) is 1. The molecule has 69 valence electrons. The zero-order valence-corrected chi connectivity index (χ0v) is 8.95. The van der Waals surface area contributed by atoms with Crippen LogP contribution in [0.15, 0.2) is 0 Å². The van der Waals surface area contributed by atoms with Gasteiger partial charge >= 0.3 is 5.97 Å². The van der Waals surface area contributed by atoms with E-state index in [1.807, 2.05) is 0 Å².